The Morgan fingerprint density at radius 3 is 2.62 bits per heavy atom. The number of nitrogens with one attached hydrogen (secondary N) is 1. The number of hydrogen-bond donors (Lipinski definition) is 1. The van der Waals surface area contributed by atoms with Gasteiger partial charge in [0.1, 0.15) is 11.2 Å². The summed E-state index contributed by atoms with van der Waals surface area (Å²) in [5.41, 5.74) is 0.322. The van der Waals surface area contributed by atoms with Crippen LogP contribution in [0.4, 0.5) is 8.78 Å². The average Bonchev–Trinajstić information content (AvgIpc) is 2.97. The van der Waals surface area contributed by atoms with Crippen LogP contribution in [0.3, 0.4) is 0 Å². The Kier molecular flexibility index (Phi) is 4.69. The highest BCUT2D eigenvalue weighted by molar-refractivity contribution is 5.73. The van der Waals surface area contributed by atoms with Gasteiger partial charge in [0, 0.05) is 19.3 Å². The summed E-state index contributed by atoms with van der Waals surface area (Å²) in [6.45, 7) is 4.24. The minimum absolute atomic E-state index is 0.113. The molecule has 0 aromatic carbocycles. The lowest BCUT2D eigenvalue weighted by Gasteiger charge is -2.28. The van der Waals surface area contributed by atoms with Crippen molar-refractivity contribution in [2.75, 3.05) is 0 Å². The summed E-state index contributed by atoms with van der Waals surface area (Å²) >= 11 is 0. The summed E-state index contributed by atoms with van der Waals surface area (Å²) in [6, 6.07) is -0.113. The van der Waals surface area contributed by atoms with Crippen molar-refractivity contribution < 1.29 is 8.78 Å². The third kappa shape index (κ3) is 3.35. The van der Waals surface area contributed by atoms with Crippen molar-refractivity contribution in [1.29, 1.82) is 0 Å². The minimum Gasteiger partial charge on any atom is -0.310 e. The summed E-state index contributed by atoms with van der Waals surface area (Å²) in [6.07, 6.45) is 4.71. The zero-order chi connectivity index (χ0) is 17.3. The molecule has 132 valence electrons. The lowest BCUT2D eigenvalue weighted by atomic mass is 9.92. The summed E-state index contributed by atoms with van der Waals surface area (Å²) in [7, 11) is 0. The van der Waals surface area contributed by atoms with Gasteiger partial charge in [-0.05, 0) is 18.8 Å². The molecule has 1 aliphatic rings. The summed E-state index contributed by atoms with van der Waals surface area (Å²) in [5, 5.41) is 4.71. The predicted molar refractivity (Wildman–Crippen MR) is 88.4 cm³/mol. The smallest absolute Gasteiger partial charge is 0.262 e. The van der Waals surface area contributed by atoms with Gasteiger partial charge < -0.3 is 4.98 Å². The summed E-state index contributed by atoms with van der Waals surface area (Å²) < 4.78 is 28.4. The Balaban J connectivity index is 1.92. The predicted octanol–water partition coefficient (Wildman–Crippen LogP) is 3.85. The second kappa shape index (κ2) is 6.61. The molecular weight excluding hydrogens is 314 g/mol. The van der Waals surface area contributed by atoms with Gasteiger partial charge in [-0.2, -0.15) is 5.10 Å². The molecule has 0 amide bonds. The van der Waals surface area contributed by atoms with Crippen LogP contribution in [0.5, 0.6) is 0 Å². The molecule has 1 fully saturated rings. The van der Waals surface area contributed by atoms with Gasteiger partial charge in [-0.15, -0.1) is 0 Å². The van der Waals surface area contributed by atoms with Crippen LogP contribution in [0.2, 0.25) is 0 Å². The molecule has 0 atom stereocenters. The lowest BCUT2D eigenvalue weighted by Crippen LogP contribution is -2.27. The van der Waals surface area contributed by atoms with Gasteiger partial charge in [-0.25, -0.2) is 18.4 Å². The number of aromatic amines is 1. The number of alkyl halides is 2. The Bertz CT molecular complexity index is 754. The van der Waals surface area contributed by atoms with E-state index in [0.717, 1.165) is 12.8 Å². The van der Waals surface area contributed by atoms with Crippen molar-refractivity contribution in [2.24, 2.45) is 5.92 Å². The Morgan fingerprint density at radius 1 is 1.33 bits per heavy atom. The fourth-order valence-electron chi connectivity index (χ4n) is 3.47. The van der Waals surface area contributed by atoms with E-state index in [0.29, 0.717) is 42.0 Å². The SMILES string of the molecule is CCC(CC)Cc1nc2c(cnn2C2CCC(F)(F)CC2)c(=O)[nH]1. The number of halogens is 2. The molecule has 1 aliphatic carbocycles. The van der Waals surface area contributed by atoms with Crippen molar-refractivity contribution in [1.82, 2.24) is 19.7 Å². The van der Waals surface area contributed by atoms with Crippen molar-refractivity contribution in [2.45, 2.75) is 70.8 Å². The average molecular weight is 338 g/mol. The second-order valence-electron chi connectivity index (χ2n) is 6.81. The van der Waals surface area contributed by atoms with E-state index in [1.807, 2.05) is 0 Å². The molecule has 0 unspecified atom stereocenters. The maximum atomic E-state index is 13.4. The van der Waals surface area contributed by atoms with Gasteiger partial charge in [0.25, 0.3) is 5.56 Å². The van der Waals surface area contributed by atoms with E-state index in [1.165, 1.54) is 6.20 Å². The first-order valence-corrected chi connectivity index (χ1v) is 8.77. The number of rotatable bonds is 5. The van der Waals surface area contributed by atoms with Crippen LogP contribution in [0, 0.1) is 5.92 Å². The van der Waals surface area contributed by atoms with Gasteiger partial charge >= 0.3 is 0 Å². The van der Waals surface area contributed by atoms with Gasteiger partial charge in [0.15, 0.2) is 5.65 Å². The van der Waals surface area contributed by atoms with Crippen LogP contribution >= 0.6 is 0 Å². The largest absolute Gasteiger partial charge is 0.310 e. The molecule has 7 heteroatoms. The number of fused-ring (bicyclic) bond motifs is 1. The van der Waals surface area contributed by atoms with E-state index in [9.17, 15) is 13.6 Å². The van der Waals surface area contributed by atoms with Crippen molar-refractivity contribution in [3.8, 4) is 0 Å². The number of H-pyrrole nitrogens is 1. The highest BCUT2D eigenvalue weighted by atomic mass is 19.3. The van der Waals surface area contributed by atoms with Crippen molar-refractivity contribution in [3.63, 3.8) is 0 Å². The lowest BCUT2D eigenvalue weighted by molar-refractivity contribution is -0.0446. The van der Waals surface area contributed by atoms with Gasteiger partial charge in [-0.1, -0.05) is 26.7 Å². The highest BCUT2D eigenvalue weighted by Crippen LogP contribution is 2.38. The summed E-state index contributed by atoms with van der Waals surface area (Å²) in [5.74, 6) is -1.45. The van der Waals surface area contributed by atoms with E-state index in [-0.39, 0.29) is 24.4 Å². The molecule has 0 aliphatic heterocycles. The van der Waals surface area contributed by atoms with Gasteiger partial charge in [0.05, 0.1) is 12.2 Å². The van der Waals surface area contributed by atoms with E-state index in [1.54, 1.807) is 4.68 Å². The summed E-state index contributed by atoms with van der Waals surface area (Å²) in [4.78, 5) is 19.7. The van der Waals surface area contributed by atoms with Crippen LogP contribution in [0.25, 0.3) is 11.0 Å². The molecule has 0 radical (unpaired) electrons. The fourth-order valence-corrected chi connectivity index (χ4v) is 3.47. The molecule has 2 aromatic heterocycles. The first-order valence-electron chi connectivity index (χ1n) is 8.77. The van der Waals surface area contributed by atoms with Gasteiger partial charge in [0.2, 0.25) is 5.92 Å². The topological polar surface area (TPSA) is 63.6 Å². The molecule has 1 N–H and O–H groups in total. The zero-order valence-electron chi connectivity index (χ0n) is 14.2. The maximum Gasteiger partial charge on any atom is 0.262 e. The van der Waals surface area contributed by atoms with E-state index in [2.05, 4.69) is 28.9 Å². The van der Waals surface area contributed by atoms with Crippen molar-refractivity contribution >= 4 is 11.0 Å². The molecule has 2 aromatic rings. The zero-order valence-corrected chi connectivity index (χ0v) is 14.2. The monoisotopic (exact) mass is 338 g/mol. The Morgan fingerprint density at radius 2 is 2.00 bits per heavy atom. The minimum atomic E-state index is -2.58. The third-order valence-corrected chi connectivity index (χ3v) is 5.18. The van der Waals surface area contributed by atoms with Crippen LogP contribution in [0.15, 0.2) is 11.0 Å². The van der Waals surface area contributed by atoms with Crippen molar-refractivity contribution in [3.05, 3.63) is 22.4 Å². The van der Waals surface area contributed by atoms with E-state index < -0.39 is 5.92 Å². The normalized spacial score (nSPS) is 18.5. The Labute approximate surface area is 139 Å². The first kappa shape index (κ1) is 17.0. The van der Waals surface area contributed by atoms with Gasteiger partial charge in [-0.3, -0.25) is 4.79 Å². The molecule has 0 saturated heterocycles. The molecule has 0 bridgehead atoms. The molecule has 24 heavy (non-hydrogen) atoms. The molecule has 5 nitrogen and oxygen atoms in total. The highest BCUT2D eigenvalue weighted by Gasteiger charge is 2.36. The van der Waals surface area contributed by atoms with Crippen LogP contribution in [-0.2, 0) is 6.42 Å². The quantitative estimate of drug-likeness (QED) is 0.900. The van der Waals surface area contributed by atoms with Crippen LogP contribution in [0.1, 0.15) is 64.2 Å². The third-order valence-electron chi connectivity index (χ3n) is 5.18. The van der Waals surface area contributed by atoms with Crippen LogP contribution < -0.4 is 5.56 Å². The second-order valence-corrected chi connectivity index (χ2v) is 6.81. The number of aromatic nitrogens is 4. The fraction of sp³-hybridized carbons (Fsp3) is 0.706. The molecular formula is C17H24F2N4O. The maximum absolute atomic E-state index is 13.4. The van der Waals surface area contributed by atoms with Crippen LogP contribution in [-0.4, -0.2) is 25.7 Å². The van der Waals surface area contributed by atoms with E-state index in [4.69, 9.17) is 0 Å². The molecule has 1 saturated carbocycles. The molecule has 0 spiro atoms. The molecule has 2 heterocycles. The van der Waals surface area contributed by atoms with E-state index >= 15 is 0 Å². The Hall–Kier alpha value is -1.79. The standard InChI is InChI=1S/C17H24F2N4O/c1-3-11(4-2)9-14-21-15-13(16(24)22-14)10-20-23(15)12-5-7-17(18,19)8-6-12/h10-12H,3-9H2,1-2H3,(H,21,22,24). The number of hydrogen-bond acceptors (Lipinski definition) is 3. The number of nitrogens with zero attached hydrogens (tertiary/aromatic N) is 3. The first-order chi connectivity index (χ1) is 11.4. The molecule has 3 rings (SSSR count).